The van der Waals surface area contributed by atoms with Crippen LogP contribution in [0.1, 0.15) is 24.2 Å². The third-order valence-electron chi connectivity index (χ3n) is 2.82. The molecule has 14 heavy (non-hydrogen) atoms. The minimum absolute atomic E-state index is 0.148. The molecule has 72 valence electrons. The first kappa shape index (κ1) is 8.95. The smallest absolute Gasteiger partial charge is 0.136 e. The van der Waals surface area contributed by atoms with Gasteiger partial charge < -0.3 is 0 Å². The number of ketones is 1. The van der Waals surface area contributed by atoms with Crippen LogP contribution in [0.15, 0.2) is 6.07 Å². The zero-order valence-corrected chi connectivity index (χ0v) is 8.24. The Morgan fingerprint density at radius 2 is 2.29 bits per heavy atom. The summed E-state index contributed by atoms with van der Waals surface area (Å²) in [4.78, 5) is 11.0. The van der Waals surface area contributed by atoms with E-state index in [9.17, 15) is 4.79 Å². The summed E-state index contributed by atoms with van der Waals surface area (Å²) in [6, 6.07) is 4.09. The Morgan fingerprint density at radius 3 is 2.64 bits per heavy atom. The molecular weight excluding hydrogens is 178 g/mol. The summed E-state index contributed by atoms with van der Waals surface area (Å²) in [7, 11) is 1.84. The zero-order valence-electron chi connectivity index (χ0n) is 8.24. The number of carbonyl (C=O) groups excluding carboxylic acids is 1. The standard InChI is InChI=1S/C10H11N3O/c1-7-3-9(12-13(7)2)10(6-11)4-8(14)5-10/h3H,4-5H2,1-2H3. The fourth-order valence-electron chi connectivity index (χ4n) is 1.73. The molecule has 1 fully saturated rings. The van der Waals surface area contributed by atoms with Crippen molar-refractivity contribution in [1.29, 1.82) is 5.26 Å². The summed E-state index contributed by atoms with van der Waals surface area (Å²) in [6.07, 6.45) is 0.639. The van der Waals surface area contributed by atoms with Gasteiger partial charge in [0.05, 0.1) is 11.8 Å². The molecule has 1 saturated carbocycles. The second kappa shape index (κ2) is 2.68. The largest absolute Gasteiger partial charge is 0.300 e. The van der Waals surface area contributed by atoms with Gasteiger partial charge in [0.1, 0.15) is 11.2 Å². The van der Waals surface area contributed by atoms with Crippen LogP contribution in [0.4, 0.5) is 0 Å². The van der Waals surface area contributed by atoms with Crippen LogP contribution in [0, 0.1) is 18.3 Å². The maximum atomic E-state index is 11.0. The van der Waals surface area contributed by atoms with Crippen LogP contribution in [0.3, 0.4) is 0 Å². The van der Waals surface area contributed by atoms with Crippen molar-refractivity contribution in [3.8, 4) is 6.07 Å². The Bertz CT molecular complexity index is 411. The first-order valence-corrected chi connectivity index (χ1v) is 4.51. The van der Waals surface area contributed by atoms with Gasteiger partial charge in [-0.05, 0) is 13.0 Å². The van der Waals surface area contributed by atoms with Crippen molar-refractivity contribution in [3.05, 3.63) is 17.5 Å². The molecule has 0 aromatic carbocycles. The van der Waals surface area contributed by atoms with E-state index in [2.05, 4.69) is 11.2 Å². The van der Waals surface area contributed by atoms with Crippen molar-refractivity contribution < 1.29 is 4.79 Å². The van der Waals surface area contributed by atoms with Crippen LogP contribution < -0.4 is 0 Å². The van der Waals surface area contributed by atoms with Gasteiger partial charge in [0, 0.05) is 25.6 Å². The van der Waals surface area contributed by atoms with E-state index in [1.165, 1.54) is 0 Å². The molecule has 0 amide bonds. The number of carbonyl (C=O) groups is 1. The average molecular weight is 189 g/mol. The molecule has 1 aliphatic rings. The van der Waals surface area contributed by atoms with Crippen molar-refractivity contribution in [2.75, 3.05) is 0 Å². The average Bonchev–Trinajstić information content (AvgIpc) is 2.41. The lowest BCUT2D eigenvalue weighted by atomic mass is 9.67. The molecule has 4 nitrogen and oxygen atoms in total. The third-order valence-corrected chi connectivity index (χ3v) is 2.82. The van der Waals surface area contributed by atoms with Crippen LogP contribution in [0.25, 0.3) is 0 Å². The number of nitrogens with zero attached hydrogens (tertiary/aromatic N) is 3. The molecule has 0 aliphatic heterocycles. The summed E-state index contributed by atoms with van der Waals surface area (Å²) in [5.74, 6) is 0.148. The predicted molar refractivity (Wildman–Crippen MR) is 49.5 cm³/mol. The molecule has 4 heteroatoms. The van der Waals surface area contributed by atoms with Crippen LogP contribution in [-0.4, -0.2) is 15.6 Å². The van der Waals surface area contributed by atoms with Crippen molar-refractivity contribution in [3.63, 3.8) is 0 Å². The predicted octanol–water partition coefficient (Wildman–Crippen LogP) is 0.853. The first-order chi connectivity index (χ1) is 6.57. The SMILES string of the molecule is Cc1cc(C2(C#N)CC(=O)C2)nn1C. The molecule has 0 N–H and O–H groups in total. The van der Waals surface area contributed by atoms with Gasteiger partial charge in [0.25, 0.3) is 0 Å². The van der Waals surface area contributed by atoms with Crippen LogP contribution in [0.5, 0.6) is 0 Å². The lowest BCUT2D eigenvalue weighted by Gasteiger charge is -2.31. The summed E-state index contributed by atoms with van der Waals surface area (Å²) >= 11 is 0. The Morgan fingerprint density at radius 1 is 1.64 bits per heavy atom. The number of nitriles is 1. The second-order valence-electron chi connectivity index (χ2n) is 3.88. The molecule has 0 atom stereocenters. The monoisotopic (exact) mass is 189 g/mol. The fraction of sp³-hybridized carbons (Fsp3) is 0.500. The van der Waals surface area contributed by atoms with Gasteiger partial charge in [-0.15, -0.1) is 0 Å². The molecule has 0 unspecified atom stereocenters. The molecule has 0 saturated heterocycles. The van der Waals surface area contributed by atoms with Crippen molar-refractivity contribution in [2.24, 2.45) is 7.05 Å². The molecule has 1 aromatic heterocycles. The lowest BCUT2D eigenvalue weighted by molar-refractivity contribution is -0.126. The normalized spacial score (nSPS) is 18.8. The van der Waals surface area contributed by atoms with Crippen LogP contribution >= 0.6 is 0 Å². The summed E-state index contributed by atoms with van der Waals surface area (Å²) < 4.78 is 1.73. The number of hydrogen-bond acceptors (Lipinski definition) is 3. The van der Waals surface area contributed by atoms with Gasteiger partial charge in [-0.3, -0.25) is 9.48 Å². The summed E-state index contributed by atoms with van der Waals surface area (Å²) in [5.41, 5.74) is 1.11. The number of hydrogen-bond donors (Lipinski definition) is 0. The molecule has 0 radical (unpaired) electrons. The topological polar surface area (TPSA) is 58.7 Å². The van der Waals surface area contributed by atoms with E-state index in [-0.39, 0.29) is 5.78 Å². The van der Waals surface area contributed by atoms with E-state index in [1.807, 2.05) is 20.0 Å². The summed E-state index contributed by atoms with van der Waals surface area (Å²) in [6.45, 7) is 1.93. The van der Waals surface area contributed by atoms with Gasteiger partial charge in [0.2, 0.25) is 0 Å². The molecule has 1 aliphatic carbocycles. The van der Waals surface area contributed by atoms with Crippen molar-refractivity contribution in [1.82, 2.24) is 9.78 Å². The number of aryl methyl sites for hydroxylation is 2. The molecule has 2 rings (SSSR count). The molecule has 0 spiro atoms. The van der Waals surface area contributed by atoms with Gasteiger partial charge >= 0.3 is 0 Å². The van der Waals surface area contributed by atoms with Crippen LogP contribution in [0.2, 0.25) is 0 Å². The van der Waals surface area contributed by atoms with E-state index in [0.29, 0.717) is 12.8 Å². The highest BCUT2D eigenvalue weighted by Crippen LogP contribution is 2.39. The maximum absolute atomic E-state index is 11.0. The van der Waals surface area contributed by atoms with Crippen LogP contribution in [-0.2, 0) is 17.3 Å². The van der Waals surface area contributed by atoms with Gasteiger partial charge in [0.15, 0.2) is 0 Å². The van der Waals surface area contributed by atoms with Crippen molar-refractivity contribution in [2.45, 2.75) is 25.2 Å². The molecule has 1 heterocycles. The Balaban J connectivity index is 2.39. The molecule has 1 aromatic rings. The highest BCUT2D eigenvalue weighted by molar-refractivity contribution is 5.89. The van der Waals surface area contributed by atoms with E-state index in [0.717, 1.165) is 11.4 Å². The van der Waals surface area contributed by atoms with E-state index in [4.69, 9.17) is 5.26 Å². The van der Waals surface area contributed by atoms with Gasteiger partial charge in [-0.2, -0.15) is 10.4 Å². The minimum Gasteiger partial charge on any atom is -0.300 e. The first-order valence-electron chi connectivity index (χ1n) is 4.51. The Labute approximate surface area is 82.1 Å². The summed E-state index contributed by atoms with van der Waals surface area (Å²) in [5, 5.41) is 13.3. The maximum Gasteiger partial charge on any atom is 0.136 e. The fourth-order valence-corrected chi connectivity index (χ4v) is 1.73. The third kappa shape index (κ3) is 1.06. The minimum atomic E-state index is -0.636. The van der Waals surface area contributed by atoms with Gasteiger partial charge in [-0.25, -0.2) is 0 Å². The highest BCUT2D eigenvalue weighted by atomic mass is 16.1. The quantitative estimate of drug-likeness (QED) is 0.658. The number of rotatable bonds is 1. The van der Waals surface area contributed by atoms with Gasteiger partial charge in [-0.1, -0.05) is 0 Å². The Kier molecular flexibility index (Phi) is 1.71. The number of Topliss-reactive ketones (excluding diaryl/α,β-unsaturated/α-hetero) is 1. The Hall–Kier alpha value is -1.63. The lowest BCUT2D eigenvalue weighted by Crippen LogP contribution is -2.40. The van der Waals surface area contributed by atoms with E-state index >= 15 is 0 Å². The van der Waals surface area contributed by atoms with E-state index < -0.39 is 5.41 Å². The molecule has 0 bridgehead atoms. The van der Waals surface area contributed by atoms with Crippen molar-refractivity contribution >= 4 is 5.78 Å². The highest BCUT2D eigenvalue weighted by Gasteiger charge is 2.47. The second-order valence-corrected chi connectivity index (χ2v) is 3.88. The van der Waals surface area contributed by atoms with E-state index in [1.54, 1.807) is 4.68 Å². The molecular formula is C10H11N3O. The number of aromatic nitrogens is 2. The zero-order chi connectivity index (χ0) is 10.3.